The van der Waals surface area contributed by atoms with E-state index in [1.807, 2.05) is 0 Å². The van der Waals surface area contributed by atoms with Crippen LogP contribution in [0.3, 0.4) is 0 Å². The zero-order valence-corrected chi connectivity index (χ0v) is 11.9. The highest BCUT2D eigenvalue weighted by Crippen LogP contribution is 2.33. The molecule has 0 aromatic carbocycles. The average molecular weight is 266 g/mol. The second-order valence-electron chi connectivity index (χ2n) is 6.16. The van der Waals surface area contributed by atoms with Crippen LogP contribution in [0.5, 0.6) is 0 Å². The average Bonchev–Trinajstić information content (AvgIpc) is 3.05. The van der Waals surface area contributed by atoms with Crippen molar-refractivity contribution in [2.24, 2.45) is 5.92 Å². The molecule has 3 rings (SSSR count). The van der Waals surface area contributed by atoms with Crippen molar-refractivity contribution in [3.05, 3.63) is 0 Å². The molecule has 0 N–H and O–H groups in total. The molecule has 2 atom stereocenters. The van der Waals surface area contributed by atoms with Gasteiger partial charge in [-0.05, 0) is 32.2 Å². The molecule has 0 amide bonds. The van der Waals surface area contributed by atoms with E-state index in [4.69, 9.17) is 4.74 Å². The van der Waals surface area contributed by atoms with E-state index >= 15 is 0 Å². The van der Waals surface area contributed by atoms with Gasteiger partial charge in [-0.1, -0.05) is 0 Å². The summed E-state index contributed by atoms with van der Waals surface area (Å²) in [6.07, 6.45) is 5.60. The van der Waals surface area contributed by atoms with Gasteiger partial charge < -0.3 is 4.74 Å². The summed E-state index contributed by atoms with van der Waals surface area (Å²) in [7, 11) is 0. The van der Waals surface area contributed by atoms with Crippen LogP contribution in [0.1, 0.15) is 32.1 Å². The van der Waals surface area contributed by atoms with Crippen LogP contribution >= 0.6 is 0 Å². The Morgan fingerprint density at radius 3 is 2.63 bits per heavy atom. The van der Waals surface area contributed by atoms with Gasteiger partial charge >= 0.3 is 0 Å². The number of hydrogen-bond donors (Lipinski definition) is 0. The van der Waals surface area contributed by atoms with E-state index in [-0.39, 0.29) is 0 Å². The molecule has 4 nitrogen and oxygen atoms in total. The fourth-order valence-corrected chi connectivity index (χ4v) is 3.93. The van der Waals surface area contributed by atoms with Crippen LogP contribution in [0.2, 0.25) is 0 Å². The maximum Gasteiger partial charge on any atom is 0.137 e. The normalized spacial score (nSPS) is 34.2. The first-order valence-electron chi connectivity index (χ1n) is 7.91. The fraction of sp³-hybridized carbons (Fsp3) is 0.933. The van der Waals surface area contributed by atoms with Crippen LogP contribution in [0.15, 0.2) is 0 Å². The number of ketones is 1. The summed E-state index contributed by atoms with van der Waals surface area (Å²) >= 11 is 0. The Kier molecular flexibility index (Phi) is 4.51. The molecule has 2 saturated heterocycles. The zero-order valence-electron chi connectivity index (χ0n) is 11.9. The zero-order chi connectivity index (χ0) is 13.1. The van der Waals surface area contributed by atoms with Gasteiger partial charge in [-0.3, -0.25) is 14.6 Å². The van der Waals surface area contributed by atoms with Crippen molar-refractivity contribution in [2.75, 3.05) is 45.9 Å². The van der Waals surface area contributed by atoms with E-state index in [0.717, 1.165) is 58.7 Å². The van der Waals surface area contributed by atoms with E-state index in [2.05, 4.69) is 9.80 Å². The molecular weight excluding hydrogens is 240 g/mol. The monoisotopic (exact) mass is 266 g/mol. The summed E-state index contributed by atoms with van der Waals surface area (Å²) in [5.74, 6) is 0.885. The smallest absolute Gasteiger partial charge is 0.137 e. The van der Waals surface area contributed by atoms with Crippen molar-refractivity contribution in [2.45, 2.75) is 38.1 Å². The molecule has 0 bridgehead atoms. The van der Waals surface area contributed by atoms with Gasteiger partial charge in [-0.2, -0.15) is 0 Å². The number of morpholine rings is 1. The summed E-state index contributed by atoms with van der Waals surface area (Å²) in [5, 5.41) is 0. The van der Waals surface area contributed by atoms with Gasteiger partial charge in [-0.15, -0.1) is 0 Å². The molecule has 0 radical (unpaired) electrons. The predicted octanol–water partition coefficient (Wildman–Crippen LogP) is 1.15. The second kappa shape index (κ2) is 6.33. The summed E-state index contributed by atoms with van der Waals surface area (Å²) < 4.78 is 5.39. The number of ether oxygens (including phenoxy) is 1. The van der Waals surface area contributed by atoms with E-state index in [9.17, 15) is 4.79 Å². The lowest BCUT2D eigenvalue weighted by Crippen LogP contribution is -2.44. The summed E-state index contributed by atoms with van der Waals surface area (Å²) in [5.41, 5.74) is 0. The van der Waals surface area contributed by atoms with Gasteiger partial charge in [-0.25, -0.2) is 0 Å². The van der Waals surface area contributed by atoms with Crippen molar-refractivity contribution < 1.29 is 9.53 Å². The van der Waals surface area contributed by atoms with E-state index in [1.165, 1.54) is 19.4 Å². The van der Waals surface area contributed by atoms with E-state index < -0.39 is 0 Å². The highest BCUT2D eigenvalue weighted by atomic mass is 16.5. The van der Waals surface area contributed by atoms with Crippen LogP contribution in [0.4, 0.5) is 0 Å². The first-order valence-corrected chi connectivity index (χ1v) is 7.91. The number of rotatable bonds is 4. The predicted molar refractivity (Wildman–Crippen MR) is 74.2 cm³/mol. The van der Waals surface area contributed by atoms with Gasteiger partial charge in [0.15, 0.2) is 0 Å². The minimum absolute atomic E-state index is 0.354. The quantitative estimate of drug-likeness (QED) is 0.764. The van der Waals surface area contributed by atoms with E-state index in [1.54, 1.807) is 0 Å². The van der Waals surface area contributed by atoms with Crippen LogP contribution in [-0.2, 0) is 9.53 Å². The Balaban J connectivity index is 1.50. The molecule has 0 aromatic heterocycles. The van der Waals surface area contributed by atoms with Gasteiger partial charge in [0, 0.05) is 44.6 Å². The number of carbonyl (C=O) groups excluding carboxylic acids is 1. The minimum atomic E-state index is 0.354. The molecule has 2 heterocycles. The van der Waals surface area contributed by atoms with Crippen LogP contribution in [-0.4, -0.2) is 67.6 Å². The van der Waals surface area contributed by atoms with Crippen molar-refractivity contribution in [1.82, 2.24) is 9.80 Å². The number of likely N-dealkylation sites (tertiary alicyclic amines) is 1. The van der Waals surface area contributed by atoms with E-state index in [0.29, 0.717) is 17.7 Å². The lowest BCUT2D eigenvalue weighted by atomic mass is 9.95. The Morgan fingerprint density at radius 2 is 1.89 bits per heavy atom. The molecule has 1 saturated carbocycles. The van der Waals surface area contributed by atoms with Crippen molar-refractivity contribution in [1.29, 1.82) is 0 Å². The van der Waals surface area contributed by atoms with Gasteiger partial charge in [0.25, 0.3) is 0 Å². The maximum absolute atomic E-state index is 12.0. The molecule has 3 fully saturated rings. The third kappa shape index (κ3) is 3.18. The third-order valence-corrected chi connectivity index (χ3v) is 5.04. The van der Waals surface area contributed by atoms with Crippen LogP contribution in [0.25, 0.3) is 0 Å². The van der Waals surface area contributed by atoms with Gasteiger partial charge in [0.1, 0.15) is 5.78 Å². The summed E-state index contributed by atoms with van der Waals surface area (Å²) in [4.78, 5) is 17.0. The number of hydrogen-bond acceptors (Lipinski definition) is 4. The molecule has 2 aliphatic heterocycles. The van der Waals surface area contributed by atoms with Crippen molar-refractivity contribution >= 4 is 5.78 Å². The topological polar surface area (TPSA) is 32.8 Å². The molecule has 1 aliphatic carbocycles. The Morgan fingerprint density at radius 1 is 1.05 bits per heavy atom. The van der Waals surface area contributed by atoms with Crippen LogP contribution in [0, 0.1) is 5.92 Å². The molecular formula is C15H26N2O2. The largest absolute Gasteiger partial charge is 0.379 e. The summed E-state index contributed by atoms with van der Waals surface area (Å²) in [6.45, 7) is 7.37. The third-order valence-electron chi connectivity index (χ3n) is 5.04. The Bertz CT molecular complexity index is 315. The van der Waals surface area contributed by atoms with Crippen molar-refractivity contribution in [3.63, 3.8) is 0 Å². The lowest BCUT2D eigenvalue weighted by molar-refractivity contribution is -0.122. The first-order chi connectivity index (χ1) is 9.34. The van der Waals surface area contributed by atoms with Gasteiger partial charge in [0.2, 0.25) is 0 Å². The minimum Gasteiger partial charge on any atom is -0.379 e. The Labute approximate surface area is 116 Å². The summed E-state index contributed by atoms with van der Waals surface area (Å²) in [6, 6.07) is 0.552. The molecule has 4 heteroatoms. The molecule has 19 heavy (non-hydrogen) atoms. The number of nitrogens with zero attached hydrogens (tertiary/aromatic N) is 2. The molecule has 0 spiro atoms. The SMILES string of the molecule is O=C1CCCC1C1CCCN1CCN1CCOCC1. The first kappa shape index (κ1) is 13.5. The Hall–Kier alpha value is -0.450. The molecule has 0 aromatic rings. The highest BCUT2D eigenvalue weighted by molar-refractivity contribution is 5.83. The molecule has 2 unspecified atom stereocenters. The van der Waals surface area contributed by atoms with Gasteiger partial charge in [0.05, 0.1) is 13.2 Å². The fourth-order valence-electron chi connectivity index (χ4n) is 3.93. The number of Topliss-reactive ketones (excluding diaryl/α,β-unsaturated/α-hetero) is 1. The highest BCUT2D eigenvalue weighted by Gasteiger charge is 2.37. The van der Waals surface area contributed by atoms with Crippen LogP contribution < -0.4 is 0 Å². The molecule has 3 aliphatic rings. The molecule has 108 valence electrons. The standard InChI is InChI=1S/C15H26N2O2/c18-15-5-1-3-13(15)14-4-2-6-17(14)8-7-16-9-11-19-12-10-16/h13-14H,1-12H2. The second-order valence-corrected chi connectivity index (χ2v) is 6.16. The lowest BCUT2D eigenvalue weighted by Gasteiger charge is -2.32. The maximum atomic E-state index is 12.0. The van der Waals surface area contributed by atoms with Crippen molar-refractivity contribution in [3.8, 4) is 0 Å². The number of carbonyl (C=O) groups is 1.